The summed E-state index contributed by atoms with van der Waals surface area (Å²) in [5.41, 5.74) is 2.38. The maximum atomic E-state index is 12.0. The maximum absolute atomic E-state index is 12.0. The van der Waals surface area contributed by atoms with E-state index in [1.165, 1.54) is 0 Å². The molecule has 2 aromatic carbocycles. The van der Waals surface area contributed by atoms with Gasteiger partial charge < -0.3 is 4.98 Å². The number of rotatable bonds is 1. The minimum atomic E-state index is -0.212. The van der Waals surface area contributed by atoms with Crippen molar-refractivity contribution in [2.24, 2.45) is 0 Å². The summed E-state index contributed by atoms with van der Waals surface area (Å²) in [4.78, 5) is 19.2. The predicted molar refractivity (Wildman–Crippen MR) is 72.8 cm³/mol. The van der Waals surface area contributed by atoms with Crippen molar-refractivity contribution >= 4 is 22.6 Å². The lowest BCUT2D eigenvalue weighted by Crippen LogP contribution is -2.11. The summed E-state index contributed by atoms with van der Waals surface area (Å²) in [5, 5.41) is 0.576. The first-order valence-electron chi connectivity index (χ1n) is 5.49. The zero-order chi connectivity index (χ0) is 12.5. The largest absolute Gasteiger partial charge is 0.319 e. The molecule has 0 saturated heterocycles. The van der Waals surface area contributed by atoms with E-state index in [0.29, 0.717) is 16.2 Å². The Morgan fingerprint density at radius 3 is 2.61 bits per heavy atom. The second-order valence-electron chi connectivity index (χ2n) is 3.94. The van der Waals surface area contributed by atoms with Gasteiger partial charge in [0.05, 0.1) is 11.0 Å². The molecule has 0 unspecified atom stereocenters. The Balaban J connectivity index is 2.29. The number of nitrogens with zero attached hydrogens (tertiary/aromatic N) is 1. The van der Waals surface area contributed by atoms with E-state index in [4.69, 9.17) is 11.6 Å². The van der Waals surface area contributed by atoms with Gasteiger partial charge >= 0.3 is 0 Å². The molecule has 0 spiro atoms. The first-order chi connectivity index (χ1) is 8.74. The third kappa shape index (κ3) is 1.89. The van der Waals surface area contributed by atoms with Crippen LogP contribution in [0.1, 0.15) is 0 Å². The van der Waals surface area contributed by atoms with E-state index in [0.717, 1.165) is 11.1 Å². The molecular formula is C14H9ClN2O. The fraction of sp³-hybridized carbons (Fsp3) is 0. The van der Waals surface area contributed by atoms with E-state index < -0.39 is 0 Å². The number of halogens is 1. The van der Waals surface area contributed by atoms with Crippen LogP contribution in [0.3, 0.4) is 0 Å². The monoisotopic (exact) mass is 256 g/mol. The highest BCUT2D eigenvalue weighted by Crippen LogP contribution is 2.18. The highest BCUT2D eigenvalue weighted by molar-refractivity contribution is 6.31. The van der Waals surface area contributed by atoms with Gasteiger partial charge in [-0.2, -0.15) is 0 Å². The second kappa shape index (κ2) is 4.27. The minimum absolute atomic E-state index is 0.212. The summed E-state index contributed by atoms with van der Waals surface area (Å²) in [7, 11) is 0. The zero-order valence-electron chi connectivity index (χ0n) is 9.35. The van der Waals surface area contributed by atoms with Crippen LogP contribution in [0.25, 0.3) is 22.3 Å². The summed E-state index contributed by atoms with van der Waals surface area (Å²) >= 11 is 5.88. The van der Waals surface area contributed by atoms with Crippen LogP contribution >= 0.6 is 11.6 Å². The highest BCUT2D eigenvalue weighted by Gasteiger charge is 2.06. The molecule has 0 radical (unpaired) electrons. The van der Waals surface area contributed by atoms with Gasteiger partial charge in [0.15, 0.2) is 0 Å². The number of hydrogen-bond donors (Lipinski definition) is 1. The molecule has 3 rings (SSSR count). The summed E-state index contributed by atoms with van der Waals surface area (Å²) in [6.45, 7) is 0. The second-order valence-corrected chi connectivity index (χ2v) is 4.38. The Hall–Kier alpha value is -2.13. The molecule has 3 nitrogen and oxygen atoms in total. The molecule has 0 atom stereocenters. The van der Waals surface area contributed by atoms with Gasteiger partial charge in [0, 0.05) is 10.6 Å². The van der Waals surface area contributed by atoms with E-state index >= 15 is 0 Å². The number of aromatic amines is 1. The first kappa shape index (κ1) is 11.0. The fourth-order valence-corrected chi connectivity index (χ4v) is 2.02. The number of benzene rings is 2. The Morgan fingerprint density at radius 1 is 1.06 bits per heavy atom. The molecule has 0 saturated carbocycles. The normalized spacial score (nSPS) is 10.7. The molecule has 0 aliphatic carbocycles. The van der Waals surface area contributed by atoms with Crippen molar-refractivity contribution in [1.29, 1.82) is 0 Å². The summed E-state index contributed by atoms with van der Waals surface area (Å²) < 4.78 is 0. The molecule has 0 bridgehead atoms. The van der Waals surface area contributed by atoms with Gasteiger partial charge in [-0.15, -0.1) is 0 Å². The molecule has 1 aromatic heterocycles. The third-order valence-corrected chi connectivity index (χ3v) is 2.94. The standard InChI is InChI=1S/C14H9ClN2O/c15-10-6-7-11-12(8-10)17-14(18)13(16-11)9-4-2-1-3-5-9/h1-8H,(H,17,18). The van der Waals surface area contributed by atoms with Crippen LogP contribution in [0, 0.1) is 0 Å². The topological polar surface area (TPSA) is 45.8 Å². The molecule has 0 aliphatic heterocycles. The SMILES string of the molecule is O=c1[nH]c2cc(Cl)ccc2nc1-c1ccccc1. The molecule has 1 heterocycles. The van der Waals surface area contributed by atoms with Crippen LogP contribution in [0.4, 0.5) is 0 Å². The van der Waals surface area contributed by atoms with E-state index in [1.807, 2.05) is 30.3 Å². The van der Waals surface area contributed by atoms with E-state index in [9.17, 15) is 4.79 Å². The van der Waals surface area contributed by atoms with Gasteiger partial charge in [-0.3, -0.25) is 4.79 Å². The average Bonchev–Trinajstić information content (AvgIpc) is 2.39. The van der Waals surface area contributed by atoms with Gasteiger partial charge in [-0.1, -0.05) is 41.9 Å². The smallest absolute Gasteiger partial charge is 0.274 e. The Bertz CT molecular complexity index is 766. The van der Waals surface area contributed by atoms with Crippen LogP contribution in [-0.4, -0.2) is 9.97 Å². The molecule has 18 heavy (non-hydrogen) atoms. The van der Waals surface area contributed by atoms with Crippen molar-refractivity contribution in [3.8, 4) is 11.3 Å². The Kier molecular flexibility index (Phi) is 2.61. The lowest BCUT2D eigenvalue weighted by atomic mass is 10.1. The fourth-order valence-electron chi connectivity index (χ4n) is 1.85. The van der Waals surface area contributed by atoms with Crippen LogP contribution in [0.2, 0.25) is 5.02 Å². The number of nitrogens with one attached hydrogen (secondary N) is 1. The van der Waals surface area contributed by atoms with Crippen LogP contribution in [0.5, 0.6) is 0 Å². The van der Waals surface area contributed by atoms with Crippen LogP contribution < -0.4 is 5.56 Å². The van der Waals surface area contributed by atoms with Gasteiger partial charge in [0.2, 0.25) is 0 Å². The van der Waals surface area contributed by atoms with Gasteiger partial charge in [0.25, 0.3) is 5.56 Å². The highest BCUT2D eigenvalue weighted by atomic mass is 35.5. The van der Waals surface area contributed by atoms with Crippen LogP contribution in [-0.2, 0) is 0 Å². The van der Waals surface area contributed by atoms with Crippen LogP contribution in [0.15, 0.2) is 53.3 Å². The lowest BCUT2D eigenvalue weighted by molar-refractivity contribution is 1.22. The predicted octanol–water partition coefficient (Wildman–Crippen LogP) is 3.24. The molecule has 0 amide bonds. The molecule has 0 fully saturated rings. The molecule has 3 aromatic rings. The molecule has 88 valence electrons. The zero-order valence-corrected chi connectivity index (χ0v) is 10.1. The number of fused-ring (bicyclic) bond motifs is 1. The Morgan fingerprint density at radius 2 is 1.83 bits per heavy atom. The van der Waals surface area contributed by atoms with Crippen molar-refractivity contribution in [2.45, 2.75) is 0 Å². The van der Waals surface area contributed by atoms with Crippen molar-refractivity contribution in [3.63, 3.8) is 0 Å². The quantitative estimate of drug-likeness (QED) is 0.726. The van der Waals surface area contributed by atoms with Gasteiger partial charge in [0.1, 0.15) is 5.69 Å². The number of H-pyrrole nitrogens is 1. The molecule has 4 heteroatoms. The van der Waals surface area contributed by atoms with E-state index in [1.54, 1.807) is 18.2 Å². The minimum Gasteiger partial charge on any atom is -0.319 e. The van der Waals surface area contributed by atoms with Crippen molar-refractivity contribution in [2.75, 3.05) is 0 Å². The third-order valence-electron chi connectivity index (χ3n) is 2.70. The average molecular weight is 257 g/mol. The van der Waals surface area contributed by atoms with Crippen molar-refractivity contribution in [1.82, 2.24) is 9.97 Å². The lowest BCUT2D eigenvalue weighted by Gasteiger charge is -2.02. The number of aromatic nitrogens is 2. The van der Waals surface area contributed by atoms with Crippen molar-refractivity contribution in [3.05, 3.63) is 63.9 Å². The summed E-state index contributed by atoms with van der Waals surface area (Å²) in [6, 6.07) is 14.6. The molecular weight excluding hydrogens is 248 g/mol. The maximum Gasteiger partial charge on any atom is 0.274 e. The number of hydrogen-bond acceptors (Lipinski definition) is 2. The van der Waals surface area contributed by atoms with E-state index in [-0.39, 0.29) is 5.56 Å². The van der Waals surface area contributed by atoms with E-state index in [2.05, 4.69) is 9.97 Å². The van der Waals surface area contributed by atoms with Crippen molar-refractivity contribution < 1.29 is 0 Å². The van der Waals surface area contributed by atoms with Gasteiger partial charge in [-0.25, -0.2) is 4.98 Å². The molecule has 1 N–H and O–H groups in total. The summed E-state index contributed by atoms with van der Waals surface area (Å²) in [6.07, 6.45) is 0. The first-order valence-corrected chi connectivity index (χ1v) is 5.87. The summed E-state index contributed by atoms with van der Waals surface area (Å²) in [5.74, 6) is 0. The van der Waals surface area contributed by atoms with Gasteiger partial charge in [-0.05, 0) is 18.2 Å². The molecule has 0 aliphatic rings. The Labute approximate surface area is 108 Å².